The fourth-order valence-corrected chi connectivity index (χ4v) is 2.94. The maximum Gasteiger partial charge on any atom is 0.0410 e. The van der Waals surface area contributed by atoms with E-state index in [4.69, 9.17) is 0 Å². The third kappa shape index (κ3) is 1.74. The van der Waals surface area contributed by atoms with Crippen molar-refractivity contribution in [3.8, 4) is 0 Å². The van der Waals surface area contributed by atoms with Crippen LogP contribution in [0.5, 0.6) is 0 Å². The highest BCUT2D eigenvalue weighted by molar-refractivity contribution is 9.10. The number of halogens is 1. The Morgan fingerprint density at radius 2 is 2.33 bits per heavy atom. The molecule has 0 aromatic carbocycles. The first-order valence-corrected chi connectivity index (χ1v) is 6.17. The highest BCUT2D eigenvalue weighted by Crippen LogP contribution is 2.36. The number of nitrogens with one attached hydrogen (secondary N) is 1. The number of fused-ring (bicyclic) bond motifs is 1. The molecule has 2 aliphatic rings. The topological polar surface area (TPSA) is 24.9 Å². The largest absolute Gasteiger partial charge is 0.310 e. The van der Waals surface area contributed by atoms with Crippen LogP contribution in [-0.2, 0) is 0 Å². The van der Waals surface area contributed by atoms with E-state index in [1.54, 1.807) is 0 Å². The molecule has 1 saturated heterocycles. The van der Waals surface area contributed by atoms with Gasteiger partial charge in [-0.25, -0.2) is 0 Å². The van der Waals surface area contributed by atoms with E-state index < -0.39 is 0 Å². The number of hydrogen-bond acceptors (Lipinski definition) is 2. The van der Waals surface area contributed by atoms with Gasteiger partial charge in [0.25, 0.3) is 0 Å². The van der Waals surface area contributed by atoms with Gasteiger partial charge in [-0.2, -0.15) is 0 Å². The first kappa shape index (κ1) is 9.55. The van der Waals surface area contributed by atoms with Gasteiger partial charge in [0.1, 0.15) is 0 Å². The lowest BCUT2D eigenvalue weighted by molar-refractivity contribution is 0.553. The second kappa shape index (κ2) is 3.72. The maximum atomic E-state index is 4.21. The molecule has 2 atom stereocenters. The highest BCUT2D eigenvalue weighted by Gasteiger charge is 2.31. The fourth-order valence-electron chi connectivity index (χ4n) is 2.57. The van der Waals surface area contributed by atoms with Crippen molar-refractivity contribution in [3.63, 3.8) is 0 Å². The third-order valence-corrected chi connectivity index (χ3v) is 3.78. The van der Waals surface area contributed by atoms with Crippen molar-refractivity contribution < 1.29 is 0 Å². The summed E-state index contributed by atoms with van der Waals surface area (Å²) in [7, 11) is 0. The fraction of sp³-hybridized carbons (Fsp3) is 0.417. The molecule has 1 aliphatic heterocycles. The Bertz CT molecular complexity index is 414. The smallest absolute Gasteiger partial charge is 0.0410 e. The van der Waals surface area contributed by atoms with Gasteiger partial charge in [-0.15, -0.1) is 0 Å². The molecule has 3 heteroatoms. The van der Waals surface area contributed by atoms with Crippen LogP contribution in [0, 0.1) is 5.92 Å². The molecule has 0 saturated carbocycles. The van der Waals surface area contributed by atoms with Crippen LogP contribution in [0.2, 0.25) is 0 Å². The summed E-state index contributed by atoms with van der Waals surface area (Å²) in [5.41, 5.74) is 2.71. The van der Waals surface area contributed by atoms with E-state index in [9.17, 15) is 0 Å². The molecule has 1 aromatic heterocycles. The number of aromatic nitrogens is 1. The Balaban J connectivity index is 1.90. The minimum absolute atomic E-state index is 0.610. The zero-order chi connectivity index (χ0) is 10.3. The van der Waals surface area contributed by atoms with Gasteiger partial charge in [0.05, 0.1) is 0 Å². The molecular formula is C12H13BrN2. The number of allylic oxidation sites excluding steroid dienone is 1. The zero-order valence-corrected chi connectivity index (χ0v) is 10.00. The maximum absolute atomic E-state index is 4.21. The molecule has 1 aromatic rings. The number of hydrogen-bond donors (Lipinski definition) is 1. The van der Waals surface area contributed by atoms with E-state index in [1.165, 1.54) is 30.5 Å². The summed E-state index contributed by atoms with van der Waals surface area (Å²) < 4.78 is 1.06. The van der Waals surface area contributed by atoms with Gasteiger partial charge in [-0.3, -0.25) is 4.98 Å². The molecule has 0 unspecified atom stereocenters. The molecule has 78 valence electrons. The van der Waals surface area contributed by atoms with Gasteiger partial charge >= 0.3 is 0 Å². The SMILES string of the molecule is Brc1cncc(C2=C[C@H]3NCC[C@H]3C2)c1. The summed E-state index contributed by atoms with van der Waals surface area (Å²) in [4.78, 5) is 4.21. The molecule has 0 radical (unpaired) electrons. The van der Waals surface area contributed by atoms with Crippen molar-refractivity contribution in [2.24, 2.45) is 5.92 Å². The van der Waals surface area contributed by atoms with Crippen LogP contribution < -0.4 is 5.32 Å². The van der Waals surface area contributed by atoms with Gasteiger partial charge in [-0.1, -0.05) is 6.08 Å². The first-order valence-electron chi connectivity index (χ1n) is 5.38. The molecule has 0 amide bonds. The van der Waals surface area contributed by atoms with Crippen molar-refractivity contribution in [2.45, 2.75) is 18.9 Å². The van der Waals surface area contributed by atoms with Crippen LogP contribution in [0.1, 0.15) is 18.4 Å². The molecule has 1 N–H and O–H groups in total. The summed E-state index contributed by atoms with van der Waals surface area (Å²) in [5, 5.41) is 3.52. The summed E-state index contributed by atoms with van der Waals surface area (Å²) in [6, 6.07) is 2.76. The Hall–Kier alpha value is -0.670. The molecule has 2 nitrogen and oxygen atoms in total. The number of nitrogens with zero attached hydrogens (tertiary/aromatic N) is 1. The number of rotatable bonds is 1. The molecule has 0 spiro atoms. The second-order valence-corrected chi connectivity index (χ2v) is 5.23. The second-order valence-electron chi connectivity index (χ2n) is 4.32. The minimum atomic E-state index is 0.610. The van der Waals surface area contributed by atoms with Crippen molar-refractivity contribution >= 4 is 21.5 Å². The Kier molecular flexibility index (Phi) is 2.37. The highest BCUT2D eigenvalue weighted by atomic mass is 79.9. The van der Waals surface area contributed by atoms with Crippen LogP contribution in [-0.4, -0.2) is 17.6 Å². The molecule has 1 fully saturated rings. The van der Waals surface area contributed by atoms with Gasteiger partial charge in [0.2, 0.25) is 0 Å². The van der Waals surface area contributed by atoms with Gasteiger partial charge in [0, 0.05) is 22.9 Å². The molecule has 1 aliphatic carbocycles. The van der Waals surface area contributed by atoms with Crippen LogP contribution in [0.15, 0.2) is 29.0 Å². The van der Waals surface area contributed by atoms with Crippen LogP contribution in [0.3, 0.4) is 0 Å². The third-order valence-electron chi connectivity index (χ3n) is 3.34. The minimum Gasteiger partial charge on any atom is -0.310 e. The Morgan fingerprint density at radius 1 is 1.40 bits per heavy atom. The number of pyridine rings is 1. The van der Waals surface area contributed by atoms with Crippen molar-refractivity contribution in [3.05, 3.63) is 34.6 Å². The summed E-state index contributed by atoms with van der Waals surface area (Å²) in [5.74, 6) is 0.819. The average molecular weight is 265 g/mol. The Labute approximate surface area is 97.9 Å². The lowest BCUT2D eigenvalue weighted by Crippen LogP contribution is -2.20. The van der Waals surface area contributed by atoms with Crippen LogP contribution >= 0.6 is 15.9 Å². The summed E-state index contributed by atoms with van der Waals surface area (Å²) >= 11 is 3.47. The normalized spacial score (nSPS) is 29.0. The van der Waals surface area contributed by atoms with Gasteiger partial charge < -0.3 is 5.32 Å². The summed E-state index contributed by atoms with van der Waals surface area (Å²) in [6.07, 6.45) is 8.68. The first-order chi connectivity index (χ1) is 7.33. The lowest BCUT2D eigenvalue weighted by atomic mass is 10.00. The van der Waals surface area contributed by atoms with Crippen LogP contribution in [0.4, 0.5) is 0 Å². The van der Waals surface area contributed by atoms with E-state index in [2.05, 4.69) is 38.4 Å². The van der Waals surface area contributed by atoms with Crippen molar-refractivity contribution in [1.82, 2.24) is 10.3 Å². The van der Waals surface area contributed by atoms with Crippen molar-refractivity contribution in [2.75, 3.05) is 6.54 Å². The van der Waals surface area contributed by atoms with E-state index in [0.29, 0.717) is 6.04 Å². The monoisotopic (exact) mass is 264 g/mol. The summed E-state index contributed by atoms with van der Waals surface area (Å²) in [6.45, 7) is 1.18. The molecule has 2 heterocycles. The lowest BCUT2D eigenvalue weighted by Gasteiger charge is -2.06. The van der Waals surface area contributed by atoms with E-state index in [-0.39, 0.29) is 0 Å². The molecule has 0 bridgehead atoms. The predicted molar refractivity (Wildman–Crippen MR) is 64.4 cm³/mol. The van der Waals surface area contributed by atoms with Gasteiger partial charge in [0.15, 0.2) is 0 Å². The predicted octanol–water partition coefficient (Wildman–Crippen LogP) is 2.61. The average Bonchev–Trinajstić information content (AvgIpc) is 2.76. The molecular weight excluding hydrogens is 252 g/mol. The molecule has 3 rings (SSSR count). The Morgan fingerprint density at radius 3 is 3.13 bits per heavy atom. The zero-order valence-electron chi connectivity index (χ0n) is 8.41. The van der Waals surface area contributed by atoms with E-state index in [0.717, 1.165) is 10.4 Å². The quantitative estimate of drug-likeness (QED) is 0.844. The van der Waals surface area contributed by atoms with E-state index in [1.807, 2.05) is 12.4 Å². The standard InChI is InChI=1S/C12H13BrN2/c13-11-4-10(6-14-7-11)9-3-8-1-2-15-12(8)5-9/h4-8,12,15H,1-3H2/t8-,12+/m0/s1. The van der Waals surface area contributed by atoms with Gasteiger partial charge in [-0.05, 0) is 58.4 Å². The van der Waals surface area contributed by atoms with E-state index >= 15 is 0 Å². The van der Waals surface area contributed by atoms with Crippen molar-refractivity contribution in [1.29, 1.82) is 0 Å². The molecule has 15 heavy (non-hydrogen) atoms. The van der Waals surface area contributed by atoms with Crippen LogP contribution in [0.25, 0.3) is 5.57 Å².